The van der Waals surface area contributed by atoms with E-state index in [1.807, 2.05) is 34.9 Å². The Balaban J connectivity index is 0.000000641. The van der Waals surface area contributed by atoms with E-state index in [-0.39, 0.29) is 5.78 Å². The highest BCUT2D eigenvalue weighted by atomic mass is 16.4. The molecule has 0 atom stereocenters. The molecule has 0 radical (unpaired) electrons. The van der Waals surface area contributed by atoms with E-state index in [9.17, 15) is 4.79 Å². The molecular formula is C28H36N2O5. The minimum atomic E-state index is -1.82. The average molecular weight is 481 g/mol. The smallest absolute Gasteiger partial charge is 0.414 e. The van der Waals surface area contributed by atoms with Crippen molar-refractivity contribution in [3.05, 3.63) is 77.1 Å². The van der Waals surface area contributed by atoms with Crippen LogP contribution in [0.15, 0.2) is 54.7 Å². The van der Waals surface area contributed by atoms with Crippen LogP contribution in [-0.2, 0) is 22.4 Å². The van der Waals surface area contributed by atoms with E-state index in [0.717, 1.165) is 41.7 Å². The zero-order valence-electron chi connectivity index (χ0n) is 20.9. The van der Waals surface area contributed by atoms with E-state index in [2.05, 4.69) is 49.9 Å². The number of benzene rings is 1. The lowest BCUT2D eigenvalue weighted by Gasteiger charge is -2.19. The third-order valence-corrected chi connectivity index (χ3v) is 5.93. The van der Waals surface area contributed by atoms with Gasteiger partial charge in [0.25, 0.3) is 0 Å². The summed E-state index contributed by atoms with van der Waals surface area (Å²) in [6, 6.07) is 16.4. The summed E-state index contributed by atoms with van der Waals surface area (Å²) in [5, 5.41) is 14.8. The van der Waals surface area contributed by atoms with Crippen LogP contribution in [-0.4, -0.2) is 56.9 Å². The van der Waals surface area contributed by atoms with Crippen molar-refractivity contribution in [3.63, 3.8) is 0 Å². The third kappa shape index (κ3) is 8.07. The van der Waals surface area contributed by atoms with E-state index in [1.165, 1.54) is 37.9 Å². The first-order valence-electron chi connectivity index (χ1n) is 12.2. The number of hydrogen-bond donors (Lipinski definition) is 2. The summed E-state index contributed by atoms with van der Waals surface area (Å²) in [6.07, 6.45) is 7.55. The molecule has 3 rings (SSSR count). The highest BCUT2D eigenvalue weighted by molar-refractivity contribution is 6.27. The van der Waals surface area contributed by atoms with E-state index >= 15 is 0 Å². The number of aromatic nitrogens is 1. The number of rotatable bonds is 11. The van der Waals surface area contributed by atoms with Crippen LogP contribution in [0.5, 0.6) is 0 Å². The number of ketones is 1. The highest BCUT2D eigenvalue weighted by Gasteiger charge is 2.18. The SMILES string of the molecule is CCCN(CC)CCCCc1ccc(C(=O)c2c(CC)cc3ccccn23)cc1.O=C(O)C(=O)O. The highest BCUT2D eigenvalue weighted by Crippen LogP contribution is 2.21. The van der Waals surface area contributed by atoms with Crippen LogP contribution in [0.25, 0.3) is 5.52 Å². The lowest BCUT2D eigenvalue weighted by atomic mass is 10.0. The standard InChI is InChI=1S/C26H34N2O.C2H2O4/c1-4-17-27(6-3)18-9-7-11-21-13-15-23(16-14-21)26(29)25-22(5-2)20-24-12-8-10-19-28(24)25;3-1(4)2(5)6/h8,10,12-16,19-20H,4-7,9,11,17-18H2,1-3H3;(H,3,4)(H,5,6). The van der Waals surface area contributed by atoms with Crippen LogP contribution >= 0.6 is 0 Å². The Morgan fingerprint density at radius 1 is 0.886 bits per heavy atom. The Morgan fingerprint density at radius 3 is 2.14 bits per heavy atom. The van der Waals surface area contributed by atoms with Crippen LogP contribution in [0.2, 0.25) is 0 Å². The van der Waals surface area contributed by atoms with Gasteiger partial charge in [-0.05, 0) is 81.1 Å². The van der Waals surface area contributed by atoms with Gasteiger partial charge >= 0.3 is 11.9 Å². The molecule has 0 aliphatic carbocycles. The molecule has 0 unspecified atom stereocenters. The molecule has 0 bridgehead atoms. The molecule has 7 heteroatoms. The maximum absolute atomic E-state index is 13.2. The van der Waals surface area contributed by atoms with Gasteiger partial charge in [0, 0.05) is 17.3 Å². The second kappa shape index (κ2) is 14.1. The number of carboxylic acids is 2. The van der Waals surface area contributed by atoms with Gasteiger partial charge in [-0.2, -0.15) is 0 Å². The molecule has 2 heterocycles. The van der Waals surface area contributed by atoms with Crippen LogP contribution in [0.1, 0.15) is 67.2 Å². The summed E-state index contributed by atoms with van der Waals surface area (Å²) in [4.78, 5) is 33.9. The number of aliphatic carboxylic acids is 2. The first-order valence-corrected chi connectivity index (χ1v) is 12.2. The maximum Gasteiger partial charge on any atom is 0.414 e. The summed E-state index contributed by atoms with van der Waals surface area (Å²) in [5.41, 5.74) is 5.07. The molecule has 0 spiro atoms. The van der Waals surface area contributed by atoms with Gasteiger partial charge in [0.15, 0.2) is 0 Å². The number of aryl methyl sites for hydroxylation is 2. The van der Waals surface area contributed by atoms with Gasteiger partial charge in [0.1, 0.15) is 0 Å². The van der Waals surface area contributed by atoms with Crippen LogP contribution in [0.3, 0.4) is 0 Å². The monoisotopic (exact) mass is 480 g/mol. The predicted octanol–water partition coefficient (Wildman–Crippen LogP) is 4.94. The summed E-state index contributed by atoms with van der Waals surface area (Å²) >= 11 is 0. The van der Waals surface area contributed by atoms with Gasteiger partial charge in [-0.3, -0.25) is 4.79 Å². The van der Waals surface area contributed by atoms with E-state index in [0.29, 0.717) is 0 Å². The van der Waals surface area contributed by atoms with Crippen LogP contribution in [0.4, 0.5) is 0 Å². The molecule has 2 N–H and O–H groups in total. The van der Waals surface area contributed by atoms with Crippen molar-refractivity contribution in [3.8, 4) is 0 Å². The molecule has 0 amide bonds. The Bertz CT molecular complexity index is 1110. The zero-order chi connectivity index (χ0) is 25.8. The number of pyridine rings is 1. The van der Waals surface area contributed by atoms with Crippen molar-refractivity contribution in [1.29, 1.82) is 0 Å². The number of hydrogen-bond acceptors (Lipinski definition) is 4. The molecule has 7 nitrogen and oxygen atoms in total. The van der Waals surface area contributed by atoms with Crippen LogP contribution < -0.4 is 0 Å². The first kappa shape index (κ1) is 27.8. The van der Waals surface area contributed by atoms with E-state index in [4.69, 9.17) is 19.8 Å². The molecule has 0 saturated carbocycles. The van der Waals surface area contributed by atoms with Gasteiger partial charge in [0.2, 0.25) is 5.78 Å². The first-order chi connectivity index (χ1) is 16.8. The number of unbranched alkanes of at least 4 members (excludes halogenated alkanes) is 1. The fraction of sp³-hybridized carbons (Fsp3) is 0.393. The van der Waals surface area contributed by atoms with Crippen molar-refractivity contribution < 1.29 is 24.6 Å². The molecule has 35 heavy (non-hydrogen) atoms. The van der Waals surface area contributed by atoms with Crippen molar-refractivity contribution in [2.24, 2.45) is 0 Å². The minimum absolute atomic E-state index is 0.109. The molecule has 2 aromatic heterocycles. The summed E-state index contributed by atoms with van der Waals surface area (Å²) in [5.74, 6) is -3.54. The quantitative estimate of drug-likeness (QED) is 0.229. The fourth-order valence-corrected chi connectivity index (χ4v) is 4.07. The summed E-state index contributed by atoms with van der Waals surface area (Å²) in [7, 11) is 0. The molecule has 188 valence electrons. The molecular weight excluding hydrogens is 444 g/mol. The Labute approximate surface area is 207 Å². The number of fused-ring (bicyclic) bond motifs is 1. The lowest BCUT2D eigenvalue weighted by molar-refractivity contribution is -0.159. The molecule has 0 saturated heterocycles. The lowest BCUT2D eigenvalue weighted by Crippen LogP contribution is -2.25. The minimum Gasteiger partial charge on any atom is -0.473 e. The van der Waals surface area contributed by atoms with Gasteiger partial charge in [-0.1, -0.05) is 51.1 Å². The topological polar surface area (TPSA) is 99.3 Å². The zero-order valence-corrected chi connectivity index (χ0v) is 20.9. The van der Waals surface area contributed by atoms with Crippen molar-refractivity contribution in [2.45, 2.75) is 52.9 Å². The molecule has 0 fully saturated rings. The van der Waals surface area contributed by atoms with Gasteiger partial charge in [-0.15, -0.1) is 0 Å². The number of carboxylic acid groups (broad SMARTS) is 2. The Hall–Kier alpha value is -3.45. The fourth-order valence-electron chi connectivity index (χ4n) is 4.07. The normalized spacial score (nSPS) is 10.7. The van der Waals surface area contributed by atoms with Gasteiger partial charge < -0.3 is 19.5 Å². The number of carbonyl (C=O) groups is 3. The van der Waals surface area contributed by atoms with Crippen molar-refractivity contribution >= 4 is 23.2 Å². The Morgan fingerprint density at radius 2 is 1.57 bits per heavy atom. The van der Waals surface area contributed by atoms with Crippen LogP contribution in [0, 0.1) is 0 Å². The predicted molar refractivity (Wildman–Crippen MR) is 137 cm³/mol. The Kier molecular flexibility index (Phi) is 11.2. The second-order valence-electron chi connectivity index (χ2n) is 8.39. The summed E-state index contributed by atoms with van der Waals surface area (Å²) < 4.78 is 2.02. The number of carbonyl (C=O) groups excluding carboxylic acids is 1. The molecule has 0 aliphatic rings. The van der Waals surface area contributed by atoms with Crippen molar-refractivity contribution in [2.75, 3.05) is 19.6 Å². The maximum atomic E-state index is 13.2. The van der Waals surface area contributed by atoms with Gasteiger partial charge in [-0.25, -0.2) is 9.59 Å². The second-order valence-corrected chi connectivity index (χ2v) is 8.39. The van der Waals surface area contributed by atoms with Crippen molar-refractivity contribution in [1.82, 2.24) is 9.30 Å². The third-order valence-electron chi connectivity index (χ3n) is 5.93. The molecule has 0 aliphatic heterocycles. The van der Waals surface area contributed by atoms with Gasteiger partial charge in [0.05, 0.1) is 5.69 Å². The average Bonchev–Trinajstić information content (AvgIpc) is 3.25. The van der Waals surface area contributed by atoms with E-state index in [1.54, 1.807) is 0 Å². The molecule has 3 aromatic rings. The van der Waals surface area contributed by atoms with E-state index < -0.39 is 11.9 Å². The number of nitrogens with zero attached hydrogens (tertiary/aromatic N) is 2. The molecule has 1 aromatic carbocycles. The largest absolute Gasteiger partial charge is 0.473 e. The summed E-state index contributed by atoms with van der Waals surface area (Å²) in [6.45, 7) is 10.1.